The molecule has 1 saturated heterocycles. The van der Waals surface area contributed by atoms with Gasteiger partial charge in [-0.1, -0.05) is 19.3 Å². The van der Waals surface area contributed by atoms with E-state index in [-0.39, 0.29) is 73.5 Å². The molecule has 2 saturated carbocycles. The van der Waals surface area contributed by atoms with Crippen molar-refractivity contribution < 1.29 is 30.8 Å². The average molecular weight is 864 g/mol. The molecule has 45 heavy (non-hydrogen) atoms. The van der Waals surface area contributed by atoms with Crippen molar-refractivity contribution in [3.05, 3.63) is 6.07 Å². The number of rotatable bonds is 14. The van der Waals surface area contributed by atoms with Crippen molar-refractivity contribution in [3.63, 3.8) is 0 Å². The lowest BCUT2D eigenvalue weighted by molar-refractivity contribution is 0.263. The van der Waals surface area contributed by atoms with Crippen molar-refractivity contribution in [2.45, 2.75) is 70.3 Å². The molecule has 2 heterocycles. The number of halogens is 3. The fourth-order valence-corrected chi connectivity index (χ4v) is 6.72. The maximum atomic E-state index is 11.2. The van der Waals surface area contributed by atoms with Gasteiger partial charge in [0.2, 0.25) is 5.95 Å². The number of piperazine rings is 1. The molecule has 0 spiro atoms. The molecule has 0 amide bonds. The second-order valence-electron chi connectivity index (χ2n) is 11.8. The van der Waals surface area contributed by atoms with Crippen molar-refractivity contribution in [2.75, 3.05) is 81.0 Å². The quantitative estimate of drug-likeness (QED) is 0.116. The first-order valence-corrected chi connectivity index (χ1v) is 17.0. The monoisotopic (exact) mass is 860 g/mol. The van der Waals surface area contributed by atoms with Crippen LogP contribution < -0.4 is 26.6 Å². The fraction of sp³-hybridized carbons (Fsp3) is 0.852. The zero-order valence-electron chi connectivity index (χ0n) is 26.3. The van der Waals surface area contributed by atoms with Crippen molar-refractivity contribution in [1.82, 2.24) is 25.5 Å². The largest absolute Gasteiger partial charge is 0.412 e. The molecule has 1 aromatic heterocycles. The minimum absolute atomic E-state index is 0. The van der Waals surface area contributed by atoms with Crippen LogP contribution in [0.2, 0.25) is 0 Å². The molecule has 13 N–H and O–H groups in total. The Bertz CT molecular complexity index is 923. The molecular formula is C27H60Br3N8O6P. The molecule has 0 aromatic carbocycles. The Morgan fingerprint density at radius 3 is 2.04 bits per heavy atom. The van der Waals surface area contributed by atoms with E-state index in [0.717, 1.165) is 70.1 Å². The lowest BCUT2D eigenvalue weighted by atomic mass is 9.82. The van der Waals surface area contributed by atoms with Gasteiger partial charge in [0.05, 0.1) is 6.16 Å². The topological polar surface area (TPSA) is 246 Å². The summed E-state index contributed by atoms with van der Waals surface area (Å²) < 4.78 is 11.2. The van der Waals surface area contributed by atoms with Crippen molar-refractivity contribution >= 4 is 76.1 Å². The van der Waals surface area contributed by atoms with Gasteiger partial charge < -0.3 is 52.8 Å². The molecule has 3 fully saturated rings. The Morgan fingerprint density at radius 2 is 1.44 bits per heavy atom. The number of nitrogens with one attached hydrogen (secondary N) is 3. The van der Waals surface area contributed by atoms with Crippen LogP contribution in [0.1, 0.15) is 64.2 Å². The molecule has 1 aromatic rings. The zero-order chi connectivity index (χ0) is 27.5. The Morgan fingerprint density at radius 1 is 0.844 bits per heavy atom. The molecule has 2 aliphatic carbocycles. The van der Waals surface area contributed by atoms with E-state index in [1.165, 1.54) is 64.2 Å². The van der Waals surface area contributed by atoms with E-state index in [4.69, 9.17) is 20.5 Å². The van der Waals surface area contributed by atoms with Crippen LogP contribution in [0.25, 0.3) is 0 Å². The Balaban J connectivity index is -0.00000294. The highest BCUT2D eigenvalue weighted by atomic mass is 79.9. The smallest absolute Gasteiger partial charge is 0.326 e. The van der Waals surface area contributed by atoms with Gasteiger partial charge in [-0.2, -0.15) is 9.97 Å². The van der Waals surface area contributed by atoms with Crippen molar-refractivity contribution in [2.24, 2.45) is 11.8 Å². The number of anilines is 3. The van der Waals surface area contributed by atoms with Crippen LogP contribution in [0.15, 0.2) is 6.07 Å². The van der Waals surface area contributed by atoms with Crippen LogP contribution in [0.3, 0.4) is 0 Å². The van der Waals surface area contributed by atoms with E-state index in [0.29, 0.717) is 24.2 Å². The van der Waals surface area contributed by atoms with Crippen molar-refractivity contribution in [1.29, 1.82) is 0 Å². The molecular weight excluding hydrogens is 803 g/mol. The van der Waals surface area contributed by atoms with E-state index in [2.05, 4.69) is 30.7 Å². The summed E-state index contributed by atoms with van der Waals surface area (Å²) in [7, 11) is -3.96. The third kappa shape index (κ3) is 18.8. The number of hydrogen-bond acceptors (Lipinski definition) is 9. The number of nitrogens with zero attached hydrogens (tertiary/aromatic N) is 4. The standard InChI is InChI=1S/C27H51N8O3P.3BrH.3H2O/c28-25-19-26(35-15-13-34(14-16-35)17-18-39(36,37)38)33-27(32-25)31-21-23-9-7-22(8-10-23)20-29-11-4-12-30-24-5-2-1-3-6-24;;;;;;/h19,22-24,29-30H,1-18,20-21H2,(H2,36,37,38)(H3,28,31,32,33);3*1H;3*1H2. The normalized spacial score (nSPS) is 20.5. The Labute approximate surface area is 300 Å². The predicted octanol–water partition coefficient (Wildman–Crippen LogP) is 1.74. The summed E-state index contributed by atoms with van der Waals surface area (Å²) in [5, 5.41) is 10.9. The second-order valence-corrected chi connectivity index (χ2v) is 13.6. The van der Waals surface area contributed by atoms with E-state index >= 15 is 0 Å². The molecule has 18 heteroatoms. The summed E-state index contributed by atoms with van der Waals surface area (Å²) in [6.45, 7) is 7.62. The highest BCUT2D eigenvalue weighted by Gasteiger charge is 2.23. The molecule has 4 rings (SSSR count). The van der Waals surface area contributed by atoms with Crippen LogP contribution in [0.5, 0.6) is 0 Å². The van der Waals surface area contributed by atoms with Gasteiger partial charge in [-0.3, -0.25) is 9.46 Å². The summed E-state index contributed by atoms with van der Waals surface area (Å²) in [6.07, 6.45) is 13.0. The first-order valence-electron chi connectivity index (χ1n) is 15.2. The number of aromatic nitrogens is 2. The SMILES string of the molecule is Br.Br.Br.Nc1cc(N2CCN(CCP(=O)(O)O)CC2)nc(NCC2CCC(CNCCCNC3CCCCC3)CC2)n1.O.O.O. The number of nitrogens with two attached hydrogens (primary N) is 1. The summed E-state index contributed by atoms with van der Waals surface area (Å²) in [5.41, 5.74) is 6.10. The van der Waals surface area contributed by atoms with E-state index < -0.39 is 7.60 Å². The van der Waals surface area contributed by atoms with Crippen LogP contribution >= 0.6 is 58.5 Å². The maximum Gasteiger partial charge on any atom is 0.326 e. The van der Waals surface area contributed by atoms with Crippen LogP contribution in [0, 0.1) is 11.8 Å². The first-order chi connectivity index (χ1) is 18.8. The minimum atomic E-state index is -3.96. The lowest BCUT2D eigenvalue weighted by Gasteiger charge is -2.35. The third-order valence-electron chi connectivity index (χ3n) is 8.65. The van der Waals surface area contributed by atoms with Gasteiger partial charge in [0.1, 0.15) is 11.6 Å². The van der Waals surface area contributed by atoms with Gasteiger partial charge in [0, 0.05) is 51.4 Å². The highest BCUT2D eigenvalue weighted by Crippen LogP contribution is 2.34. The lowest BCUT2D eigenvalue weighted by Crippen LogP contribution is -2.47. The third-order valence-corrected chi connectivity index (χ3v) is 9.44. The fourth-order valence-electron chi connectivity index (χ4n) is 6.17. The van der Waals surface area contributed by atoms with Gasteiger partial charge in [-0.15, -0.1) is 50.9 Å². The molecule has 14 nitrogen and oxygen atoms in total. The van der Waals surface area contributed by atoms with Gasteiger partial charge in [-0.25, -0.2) is 0 Å². The summed E-state index contributed by atoms with van der Waals surface area (Å²) in [6, 6.07) is 2.57. The molecule has 270 valence electrons. The Kier molecular flexibility index (Phi) is 28.2. The van der Waals surface area contributed by atoms with Crippen LogP contribution in [-0.4, -0.2) is 112 Å². The molecule has 1 aliphatic heterocycles. The van der Waals surface area contributed by atoms with Crippen molar-refractivity contribution in [3.8, 4) is 0 Å². The van der Waals surface area contributed by atoms with Gasteiger partial charge >= 0.3 is 7.60 Å². The number of nitrogen functional groups attached to an aromatic ring is 1. The van der Waals surface area contributed by atoms with E-state index in [9.17, 15) is 4.57 Å². The molecule has 3 aliphatic rings. The van der Waals surface area contributed by atoms with Gasteiger partial charge in [-0.05, 0) is 76.4 Å². The maximum absolute atomic E-state index is 11.2. The summed E-state index contributed by atoms with van der Waals surface area (Å²) in [4.78, 5) is 31.6. The van der Waals surface area contributed by atoms with Crippen LogP contribution in [-0.2, 0) is 4.57 Å². The van der Waals surface area contributed by atoms with E-state index in [1.54, 1.807) is 6.07 Å². The molecule has 0 radical (unpaired) electrons. The summed E-state index contributed by atoms with van der Waals surface area (Å²) >= 11 is 0. The van der Waals surface area contributed by atoms with Gasteiger partial charge in [0.25, 0.3) is 0 Å². The number of hydrogen-bond donors (Lipinski definition) is 6. The highest BCUT2D eigenvalue weighted by molar-refractivity contribution is 8.93. The first kappa shape index (κ1) is 49.2. The minimum Gasteiger partial charge on any atom is -0.412 e. The van der Waals surface area contributed by atoms with E-state index in [1.807, 2.05) is 0 Å². The Hall–Kier alpha value is -0.170. The molecule has 0 atom stereocenters. The predicted molar refractivity (Wildman–Crippen MR) is 200 cm³/mol. The molecule has 0 bridgehead atoms. The molecule has 0 unspecified atom stereocenters. The average Bonchev–Trinajstić information content (AvgIpc) is 2.93. The summed E-state index contributed by atoms with van der Waals surface area (Å²) in [5.74, 6) is 3.26. The van der Waals surface area contributed by atoms with Gasteiger partial charge in [0.15, 0.2) is 0 Å². The second kappa shape index (κ2) is 25.8. The zero-order valence-corrected chi connectivity index (χ0v) is 32.3. The van der Waals surface area contributed by atoms with Crippen LogP contribution in [0.4, 0.5) is 17.6 Å².